The van der Waals surface area contributed by atoms with Crippen LogP contribution in [0.25, 0.3) is 0 Å². The summed E-state index contributed by atoms with van der Waals surface area (Å²) in [6.07, 6.45) is -0.304. The fourth-order valence-electron chi connectivity index (χ4n) is 1.73. The Balaban J connectivity index is 2.47. The van der Waals surface area contributed by atoms with Gasteiger partial charge >= 0.3 is 11.9 Å². The van der Waals surface area contributed by atoms with Crippen LogP contribution in [0.4, 0.5) is 5.69 Å². The molecular weight excluding hydrogens is 298 g/mol. The van der Waals surface area contributed by atoms with Gasteiger partial charge in [-0.05, 0) is 52.0 Å². The second kappa shape index (κ2) is 8.92. The van der Waals surface area contributed by atoms with Gasteiger partial charge in [0.2, 0.25) is 5.91 Å². The zero-order chi connectivity index (χ0) is 17.4. The molecule has 1 amide bonds. The van der Waals surface area contributed by atoms with Gasteiger partial charge in [0.15, 0.2) is 0 Å². The van der Waals surface area contributed by atoms with E-state index in [9.17, 15) is 14.4 Å². The van der Waals surface area contributed by atoms with Crippen molar-refractivity contribution >= 4 is 23.5 Å². The minimum atomic E-state index is -0.408. The highest BCUT2D eigenvalue weighted by molar-refractivity contribution is 5.94. The number of hydrogen-bond acceptors (Lipinski definition) is 5. The monoisotopic (exact) mass is 321 g/mol. The number of ether oxygens (including phenoxy) is 2. The zero-order valence-corrected chi connectivity index (χ0v) is 13.9. The van der Waals surface area contributed by atoms with Crippen molar-refractivity contribution in [2.45, 2.75) is 52.7 Å². The summed E-state index contributed by atoms with van der Waals surface area (Å²) in [5.41, 5.74) is 0.963. The number of hydrogen-bond donors (Lipinski definition) is 1. The van der Waals surface area contributed by atoms with Crippen molar-refractivity contribution in [2.24, 2.45) is 0 Å². The van der Waals surface area contributed by atoms with Gasteiger partial charge in [-0.3, -0.25) is 9.59 Å². The Bertz CT molecular complexity index is 549. The van der Waals surface area contributed by atoms with E-state index < -0.39 is 11.9 Å². The van der Waals surface area contributed by atoms with E-state index in [0.29, 0.717) is 11.3 Å². The van der Waals surface area contributed by atoms with E-state index in [-0.39, 0.29) is 31.0 Å². The van der Waals surface area contributed by atoms with Crippen LogP contribution in [-0.2, 0) is 19.1 Å². The van der Waals surface area contributed by atoms with Gasteiger partial charge in [-0.2, -0.15) is 0 Å². The Morgan fingerprint density at radius 3 is 2.00 bits per heavy atom. The van der Waals surface area contributed by atoms with E-state index in [1.54, 1.807) is 52.0 Å². The maximum absolute atomic E-state index is 11.8. The first-order valence-corrected chi connectivity index (χ1v) is 7.58. The van der Waals surface area contributed by atoms with Crippen molar-refractivity contribution in [3.8, 4) is 0 Å². The molecule has 1 aromatic carbocycles. The largest absolute Gasteiger partial charge is 0.463 e. The average molecular weight is 321 g/mol. The summed E-state index contributed by atoms with van der Waals surface area (Å²) in [4.78, 5) is 34.8. The topological polar surface area (TPSA) is 81.7 Å². The third-order valence-electron chi connectivity index (χ3n) is 2.67. The van der Waals surface area contributed by atoms with Crippen LogP contribution in [0.3, 0.4) is 0 Å². The molecule has 1 aromatic rings. The predicted octanol–water partition coefficient (Wildman–Crippen LogP) is 2.92. The number of rotatable bonds is 7. The highest BCUT2D eigenvalue weighted by atomic mass is 16.5. The normalized spacial score (nSPS) is 10.5. The van der Waals surface area contributed by atoms with Gasteiger partial charge in [0.1, 0.15) is 0 Å². The molecule has 0 aromatic heterocycles. The molecule has 0 radical (unpaired) electrons. The quantitative estimate of drug-likeness (QED) is 0.781. The SMILES string of the molecule is CC(C)OC(=O)CCC(=O)Nc1ccc(C(=O)OC(C)C)cc1. The van der Waals surface area contributed by atoms with Crippen molar-refractivity contribution < 1.29 is 23.9 Å². The lowest BCUT2D eigenvalue weighted by Gasteiger charge is -2.09. The molecule has 0 saturated carbocycles. The van der Waals surface area contributed by atoms with Gasteiger partial charge < -0.3 is 14.8 Å². The third-order valence-corrected chi connectivity index (χ3v) is 2.67. The van der Waals surface area contributed by atoms with Crippen molar-refractivity contribution in [2.75, 3.05) is 5.32 Å². The van der Waals surface area contributed by atoms with Crippen molar-refractivity contribution in [1.82, 2.24) is 0 Å². The van der Waals surface area contributed by atoms with Crippen molar-refractivity contribution in [1.29, 1.82) is 0 Å². The average Bonchev–Trinajstić information content (AvgIpc) is 2.44. The third kappa shape index (κ3) is 7.44. The lowest BCUT2D eigenvalue weighted by Crippen LogP contribution is -2.16. The molecule has 0 heterocycles. The number of carbonyl (C=O) groups excluding carboxylic acids is 3. The van der Waals surface area contributed by atoms with Gasteiger partial charge in [0.05, 0.1) is 24.2 Å². The summed E-state index contributed by atoms with van der Waals surface area (Å²) in [6, 6.07) is 6.38. The Hall–Kier alpha value is -2.37. The van der Waals surface area contributed by atoms with Gasteiger partial charge in [0.25, 0.3) is 0 Å². The Labute approximate surface area is 136 Å². The first-order valence-electron chi connectivity index (χ1n) is 7.58. The summed E-state index contributed by atoms with van der Waals surface area (Å²) in [7, 11) is 0. The fourth-order valence-corrected chi connectivity index (χ4v) is 1.73. The molecule has 0 spiro atoms. The molecule has 1 N–H and O–H groups in total. The van der Waals surface area contributed by atoms with Crippen LogP contribution in [0.15, 0.2) is 24.3 Å². The number of anilines is 1. The molecule has 0 unspecified atom stereocenters. The molecule has 6 heteroatoms. The number of benzene rings is 1. The molecule has 0 atom stereocenters. The van der Waals surface area contributed by atoms with Crippen LogP contribution in [0.2, 0.25) is 0 Å². The number of amides is 1. The summed E-state index contributed by atoms with van der Waals surface area (Å²) in [6.45, 7) is 7.06. The number of nitrogens with one attached hydrogen (secondary N) is 1. The molecule has 0 aliphatic rings. The molecule has 6 nitrogen and oxygen atoms in total. The van der Waals surface area contributed by atoms with Crippen LogP contribution < -0.4 is 5.32 Å². The summed E-state index contributed by atoms with van der Waals surface area (Å²) in [5.74, 6) is -1.10. The molecule has 1 rings (SSSR count). The Morgan fingerprint density at radius 2 is 1.48 bits per heavy atom. The van der Waals surface area contributed by atoms with Gasteiger partial charge in [-0.15, -0.1) is 0 Å². The Morgan fingerprint density at radius 1 is 0.913 bits per heavy atom. The van der Waals surface area contributed by atoms with Gasteiger partial charge in [-0.1, -0.05) is 0 Å². The Kier molecular flexibility index (Phi) is 7.25. The summed E-state index contributed by atoms with van der Waals surface area (Å²) in [5, 5.41) is 2.66. The van der Waals surface area contributed by atoms with E-state index in [4.69, 9.17) is 9.47 Å². The molecule has 126 valence electrons. The summed E-state index contributed by atoms with van der Waals surface area (Å²) < 4.78 is 10.0. The first kappa shape index (κ1) is 18.7. The van der Waals surface area contributed by atoms with Crippen LogP contribution in [0, 0.1) is 0 Å². The molecule has 0 saturated heterocycles. The number of carbonyl (C=O) groups is 3. The smallest absolute Gasteiger partial charge is 0.338 e. The highest BCUT2D eigenvalue weighted by Gasteiger charge is 2.11. The van der Waals surface area contributed by atoms with E-state index in [1.807, 2.05) is 0 Å². The minimum Gasteiger partial charge on any atom is -0.463 e. The van der Waals surface area contributed by atoms with Crippen LogP contribution in [0.5, 0.6) is 0 Å². The van der Waals surface area contributed by atoms with E-state index in [2.05, 4.69) is 5.32 Å². The second-order valence-corrected chi connectivity index (χ2v) is 5.62. The van der Waals surface area contributed by atoms with Crippen molar-refractivity contribution in [3.05, 3.63) is 29.8 Å². The van der Waals surface area contributed by atoms with Crippen LogP contribution >= 0.6 is 0 Å². The lowest BCUT2D eigenvalue weighted by molar-refractivity contribution is -0.148. The van der Waals surface area contributed by atoms with E-state index >= 15 is 0 Å². The zero-order valence-electron chi connectivity index (χ0n) is 13.9. The lowest BCUT2D eigenvalue weighted by atomic mass is 10.2. The first-order chi connectivity index (χ1) is 10.8. The molecule has 0 fully saturated rings. The predicted molar refractivity (Wildman–Crippen MR) is 86.1 cm³/mol. The fraction of sp³-hybridized carbons (Fsp3) is 0.471. The molecular formula is C17H23NO5. The molecule has 23 heavy (non-hydrogen) atoms. The second-order valence-electron chi connectivity index (χ2n) is 5.62. The van der Waals surface area contributed by atoms with Crippen molar-refractivity contribution in [3.63, 3.8) is 0 Å². The highest BCUT2D eigenvalue weighted by Crippen LogP contribution is 2.12. The molecule has 0 aliphatic heterocycles. The maximum atomic E-state index is 11.8. The van der Waals surface area contributed by atoms with Crippen LogP contribution in [0.1, 0.15) is 50.9 Å². The van der Waals surface area contributed by atoms with E-state index in [1.165, 1.54) is 0 Å². The minimum absolute atomic E-state index is 0.0306. The molecule has 0 bridgehead atoms. The van der Waals surface area contributed by atoms with E-state index in [0.717, 1.165) is 0 Å². The maximum Gasteiger partial charge on any atom is 0.338 e. The van der Waals surface area contributed by atoms with Crippen LogP contribution in [-0.4, -0.2) is 30.1 Å². The van der Waals surface area contributed by atoms with Gasteiger partial charge in [-0.25, -0.2) is 4.79 Å². The number of esters is 2. The standard InChI is InChI=1S/C17H23NO5/c1-11(2)22-16(20)10-9-15(19)18-14-7-5-13(6-8-14)17(21)23-12(3)4/h5-8,11-12H,9-10H2,1-4H3,(H,18,19). The summed E-state index contributed by atoms with van der Waals surface area (Å²) >= 11 is 0. The van der Waals surface area contributed by atoms with Gasteiger partial charge in [0, 0.05) is 12.1 Å². The molecule has 0 aliphatic carbocycles.